The van der Waals surface area contributed by atoms with Crippen molar-refractivity contribution in [3.8, 4) is 5.75 Å². The summed E-state index contributed by atoms with van der Waals surface area (Å²) in [4.78, 5) is 13.3. The zero-order chi connectivity index (χ0) is 30.3. The van der Waals surface area contributed by atoms with Crippen LogP contribution in [0.1, 0.15) is 40.1 Å². The number of anilines is 1. The highest BCUT2D eigenvalue weighted by atomic mass is 35.5. The summed E-state index contributed by atoms with van der Waals surface area (Å²) in [5.74, 6) is 0.944. The van der Waals surface area contributed by atoms with Crippen LogP contribution in [0.25, 0.3) is 0 Å². The van der Waals surface area contributed by atoms with Crippen molar-refractivity contribution in [2.24, 2.45) is 0 Å². The predicted octanol–water partition coefficient (Wildman–Crippen LogP) is 5.90. The molecule has 4 N–H and O–H groups in total. The summed E-state index contributed by atoms with van der Waals surface area (Å²) in [6.07, 6.45) is -4.99. The lowest BCUT2D eigenvalue weighted by molar-refractivity contribution is -0.218. The van der Waals surface area contributed by atoms with E-state index in [0.29, 0.717) is 40.6 Å². The largest absolute Gasteiger partial charge is 0.494 e. The first-order valence-corrected chi connectivity index (χ1v) is 15.5. The first-order valence-electron chi connectivity index (χ1n) is 14.1. The molecule has 5 atom stereocenters. The van der Waals surface area contributed by atoms with E-state index in [9.17, 15) is 20.1 Å². The van der Waals surface area contributed by atoms with Crippen LogP contribution in [0.15, 0.2) is 102 Å². The van der Waals surface area contributed by atoms with Gasteiger partial charge in [-0.15, -0.1) is 11.8 Å². The van der Waals surface area contributed by atoms with Crippen molar-refractivity contribution in [2.75, 3.05) is 17.7 Å². The van der Waals surface area contributed by atoms with E-state index in [1.165, 1.54) is 11.8 Å². The summed E-state index contributed by atoms with van der Waals surface area (Å²) < 4.78 is 11.7. The van der Waals surface area contributed by atoms with E-state index in [4.69, 9.17) is 21.1 Å². The van der Waals surface area contributed by atoms with Crippen LogP contribution >= 0.6 is 23.4 Å². The number of aliphatic hydroxyl groups excluding tert-OH is 3. The molecule has 1 amide bonds. The normalized spacial score (nSPS) is 21.7. The van der Waals surface area contributed by atoms with E-state index in [0.717, 1.165) is 21.8 Å². The highest BCUT2D eigenvalue weighted by Gasteiger charge is 2.44. The number of ether oxygens (including phenoxy) is 2. The molecule has 1 aliphatic rings. The Kier molecular flexibility index (Phi) is 10.4. The molecule has 4 aromatic carbocycles. The van der Waals surface area contributed by atoms with Gasteiger partial charge in [-0.1, -0.05) is 54.1 Å². The number of aliphatic hydroxyl groups is 3. The molecule has 0 spiro atoms. The SMILES string of the molecule is CCOc1ccc(Cc2cc([C@@H]3O[C@H](CSc4ccc(NC(=O)c5ccccc5)cc4)[C@H](O)[C@@H](O)[C@H]3O)ccc2Cl)cc1. The monoisotopic (exact) mass is 619 g/mol. The number of hydrogen-bond acceptors (Lipinski definition) is 7. The molecule has 1 heterocycles. The van der Waals surface area contributed by atoms with Crippen molar-refractivity contribution < 1.29 is 29.6 Å². The smallest absolute Gasteiger partial charge is 0.255 e. The molecule has 9 heteroatoms. The molecule has 0 unspecified atom stereocenters. The van der Waals surface area contributed by atoms with Crippen LogP contribution in [-0.4, -0.2) is 58.0 Å². The molecule has 4 aromatic rings. The third kappa shape index (κ3) is 7.78. The number of hydrogen-bond donors (Lipinski definition) is 4. The van der Waals surface area contributed by atoms with E-state index in [1.54, 1.807) is 24.3 Å². The van der Waals surface area contributed by atoms with Gasteiger partial charge in [0.15, 0.2) is 0 Å². The fraction of sp³-hybridized carbons (Fsp3) is 0.265. The van der Waals surface area contributed by atoms with E-state index in [-0.39, 0.29) is 5.91 Å². The number of carbonyl (C=O) groups is 1. The zero-order valence-electron chi connectivity index (χ0n) is 23.6. The molecule has 0 aromatic heterocycles. The molecule has 43 heavy (non-hydrogen) atoms. The third-order valence-corrected chi connectivity index (χ3v) is 8.77. The highest BCUT2D eigenvalue weighted by Crippen LogP contribution is 2.36. The first-order chi connectivity index (χ1) is 20.8. The van der Waals surface area contributed by atoms with E-state index >= 15 is 0 Å². The van der Waals surface area contributed by atoms with Crippen LogP contribution in [-0.2, 0) is 11.2 Å². The van der Waals surface area contributed by atoms with Gasteiger partial charge in [0.1, 0.15) is 30.2 Å². The molecule has 0 radical (unpaired) electrons. The summed E-state index contributed by atoms with van der Waals surface area (Å²) in [5, 5.41) is 35.8. The van der Waals surface area contributed by atoms with Gasteiger partial charge in [0.05, 0.1) is 12.7 Å². The van der Waals surface area contributed by atoms with Gasteiger partial charge in [0, 0.05) is 26.9 Å². The molecule has 224 valence electrons. The van der Waals surface area contributed by atoms with Crippen LogP contribution in [0.2, 0.25) is 5.02 Å². The van der Waals surface area contributed by atoms with Gasteiger partial charge in [0.2, 0.25) is 0 Å². The second kappa shape index (κ2) is 14.4. The third-order valence-electron chi connectivity index (χ3n) is 7.30. The zero-order valence-corrected chi connectivity index (χ0v) is 25.2. The van der Waals surface area contributed by atoms with Crippen LogP contribution in [0, 0.1) is 0 Å². The van der Waals surface area contributed by atoms with Gasteiger partial charge in [-0.2, -0.15) is 0 Å². The molecule has 1 fully saturated rings. The van der Waals surface area contributed by atoms with E-state index in [2.05, 4.69) is 5.32 Å². The lowest BCUT2D eigenvalue weighted by Gasteiger charge is -2.41. The Bertz CT molecular complexity index is 1500. The average Bonchev–Trinajstić information content (AvgIpc) is 3.03. The lowest BCUT2D eigenvalue weighted by Crippen LogP contribution is -2.54. The van der Waals surface area contributed by atoms with Crippen molar-refractivity contribution in [3.63, 3.8) is 0 Å². The first kappa shape index (κ1) is 31.1. The maximum absolute atomic E-state index is 12.4. The van der Waals surface area contributed by atoms with Crippen molar-refractivity contribution in [1.82, 2.24) is 0 Å². The van der Waals surface area contributed by atoms with Crippen molar-refractivity contribution in [1.29, 1.82) is 0 Å². The maximum Gasteiger partial charge on any atom is 0.255 e. The van der Waals surface area contributed by atoms with Gasteiger partial charge >= 0.3 is 0 Å². The molecule has 7 nitrogen and oxygen atoms in total. The van der Waals surface area contributed by atoms with Crippen LogP contribution in [0.3, 0.4) is 0 Å². The predicted molar refractivity (Wildman–Crippen MR) is 169 cm³/mol. The number of thioether (sulfide) groups is 1. The van der Waals surface area contributed by atoms with Crippen molar-refractivity contribution >= 4 is 35.0 Å². The summed E-state index contributed by atoms with van der Waals surface area (Å²) in [6.45, 7) is 2.53. The van der Waals surface area contributed by atoms with E-state index < -0.39 is 30.5 Å². The van der Waals surface area contributed by atoms with Crippen LogP contribution in [0.5, 0.6) is 5.75 Å². The quantitative estimate of drug-likeness (QED) is 0.164. The molecular weight excluding hydrogens is 586 g/mol. The minimum Gasteiger partial charge on any atom is -0.494 e. The topological polar surface area (TPSA) is 108 Å². The Hall–Kier alpha value is -3.37. The Morgan fingerprint density at radius 1 is 0.907 bits per heavy atom. The number of benzene rings is 4. The average molecular weight is 620 g/mol. The van der Waals surface area contributed by atoms with Gasteiger partial charge < -0.3 is 30.1 Å². The molecule has 0 aliphatic carbocycles. The van der Waals surface area contributed by atoms with Crippen molar-refractivity contribution in [2.45, 2.75) is 48.8 Å². The van der Waals surface area contributed by atoms with Gasteiger partial charge in [-0.05, 0) is 84.6 Å². The fourth-order valence-corrected chi connectivity index (χ4v) is 6.11. The standard InChI is InChI=1S/C34H34ClNO6S/c1-2-41-26-13-8-21(9-14-26)18-24-19-23(10-17-28(24)35)33-32(39)31(38)30(37)29(42-33)20-43-27-15-11-25(12-16-27)36-34(40)22-6-4-3-5-7-22/h3-17,19,29-33,37-39H,2,18,20H2,1H3,(H,36,40)/t29-,30+,31-,32-,33+/m1/s1. The molecular formula is C34H34ClNO6S. The summed E-state index contributed by atoms with van der Waals surface area (Å²) in [6, 6.07) is 29.5. The number of carbonyl (C=O) groups excluding carboxylic acids is 1. The molecule has 0 saturated carbocycles. The fourth-order valence-electron chi connectivity index (χ4n) is 4.97. The maximum atomic E-state index is 12.4. The number of amides is 1. The molecule has 5 rings (SSSR count). The van der Waals surface area contributed by atoms with Crippen LogP contribution < -0.4 is 10.1 Å². The molecule has 1 aliphatic heterocycles. The Morgan fingerprint density at radius 3 is 2.33 bits per heavy atom. The minimum absolute atomic E-state index is 0.192. The Labute approximate surface area is 260 Å². The Morgan fingerprint density at radius 2 is 1.63 bits per heavy atom. The second-order valence-corrected chi connectivity index (χ2v) is 11.8. The Balaban J connectivity index is 1.23. The van der Waals surface area contributed by atoms with E-state index in [1.807, 2.05) is 79.7 Å². The lowest BCUT2D eigenvalue weighted by atomic mass is 9.90. The highest BCUT2D eigenvalue weighted by molar-refractivity contribution is 7.99. The molecule has 0 bridgehead atoms. The van der Waals surface area contributed by atoms with Crippen LogP contribution in [0.4, 0.5) is 5.69 Å². The second-order valence-electron chi connectivity index (χ2n) is 10.3. The number of nitrogens with one attached hydrogen (secondary N) is 1. The number of rotatable bonds is 10. The number of halogens is 1. The van der Waals surface area contributed by atoms with Gasteiger partial charge in [-0.25, -0.2) is 0 Å². The van der Waals surface area contributed by atoms with Gasteiger partial charge in [-0.3, -0.25) is 4.79 Å². The summed E-state index contributed by atoms with van der Waals surface area (Å²) >= 11 is 7.97. The summed E-state index contributed by atoms with van der Waals surface area (Å²) in [7, 11) is 0. The van der Waals surface area contributed by atoms with Crippen molar-refractivity contribution in [3.05, 3.63) is 124 Å². The van der Waals surface area contributed by atoms with Gasteiger partial charge in [0.25, 0.3) is 5.91 Å². The summed E-state index contributed by atoms with van der Waals surface area (Å²) in [5.41, 5.74) is 3.80. The molecule has 1 saturated heterocycles. The minimum atomic E-state index is -1.38.